The van der Waals surface area contributed by atoms with E-state index >= 15 is 0 Å². The maximum atomic E-state index is 10.8. The molecule has 7 heteroatoms. The quantitative estimate of drug-likeness (QED) is 0.641. The van der Waals surface area contributed by atoms with E-state index in [0.29, 0.717) is 21.8 Å². The van der Waals surface area contributed by atoms with E-state index in [-0.39, 0.29) is 0 Å². The fourth-order valence-electron chi connectivity index (χ4n) is 1.20. The Balaban J connectivity index is 2.44. The summed E-state index contributed by atoms with van der Waals surface area (Å²) in [6.45, 7) is 3.37. The summed E-state index contributed by atoms with van der Waals surface area (Å²) in [5.41, 5.74) is 1.04. The van der Waals surface area contributed by atoms with Gasteiger partial charge in [-0.3, -0.25) is 4.79 Å². The average molecular weight is 239 g/mol. The average Bonchev–Trinajstić information content (AvgIpc) is 2.61. The summed E-state index contributed by atoms with van der Waals surface area (Å²) in [6, 6.07) is 0. The Kier molecular flexibility index (Phi) is 2.78. The third-order valence-corrected chi connectivity index (χ3v) is 3.13. The molecule has 0 radical (unpaired) electrons. The minimum atomic E-state index is -0.883. The zero-order valence-electron chi connectivity index (χ0n) is 8.67. The van der Waals surface area contributed by atoms with Gasteiger partial charge < -0.3 is 9.63 Å². The lowest BCUT2D eigenvalue weighted by Crippen LogP contribution is -2.11. The van der Waals surface area contributed by atoms with Crippen molar-refractivity contribution < 1.29 is 14.4 Å². The minimum Gasteiger partial charge on any atom is -0.480 e. The van der Waals surface area contributed by atoms with Crippen molar-refractivity contribution in [1.29, 1.82) is 0 Å². The molecule has 6 nitrogen and oxygen atoms in total. The van der Waals surface area contributed by atoms with Gasteiger partial charge in [-0.1, -0.05) is 16.9 Å². The fourth-order valence-corrected chi connectivity index (χ4v) is 2.09. The van der Waals surface area contributed by atoms with E-state index < -0.39 is 11.2 Å². The molecule has 0 aliphatic carbocycles. The van der Waals surface area contributed by atoms with Crippen LogP contribution in [0.4, 0.5) is 0 Å². The molecule has 0 saturated heterocycles. The highest BCUT2D eigenvalue weighted by atomic mass is 32.2. The number of rotatable bonds is 3. The van der Waals surface area contributed by atoms with Gasteiger partial charge in [0.25, 0.3) is 5.71 Å². The molecule has 2 rings (SSSR count). The molecule has 0 bridgehead atoms. The minimum absolute atomic E-state index is 0.382. The van der Waals surface area contributed by atoms with Crippen molar-refractivity contribution in [2.75, 3.05) is 0 Å². The van der Waals surface area contributed by atoms with Crippen LogP contribution in [0.2, 0.25) is 0 Å². The molecular formula is C9H9N3O3S. The summed E-state index contributed by atoms with van der Waals surface area (Å²) in [7, 11) is 0. The van der Waals surface area contributed by atoms with E-state index in [2.05, 4.69) is 15.1 Å². The van der Waals surface area contributed by atoms with Gasteiger partial charge in [0.1, 0.15) is 16.6 Å². The van der Waals surface area contributed by atoms with E-state index in [0.717, 1.165) is 11.8 Å². The molecule has 1 N–H and O–H groups in total. The van der Waals surface area contributed by atoms with Crippen LogP contribution in [-0.4, -0.2) is 31.5 Å². The highest BCUT2D eigenvalue weighted by molar-refractivity contribution is 8.00. The topological polar surface area (TPSA) is 89.1 Å². The number of carboxylic acid groups (broad SMARTS) is 1. The zero-order valence-corrected chi connectivity index (χ0v) is 9.48. The van der Waals surface area contributed by atoms with Crippen LogP contribution >= 0.6 is 11.8 Å². The first-order valence-electron chi connectivity index (χ1n) is 4.56. The molecule has 84 valence electrons. The lowest BCUT2D eigenvalue weighted by atomic mass is 10.3. The third kappa shape index (κ3) is 1.85. The van der Waals surface area contributed by atoms with E-state index in [1.54, 1.807) is 13.8 Å². The van der Waals surface area contributed by atoms with Gasteiger partial charge in [0, 0.05) is 0 Å². The second kappa shape index (κ2) is 4.09. The molecule has 0 aromatic carbocycles. The Morgan fingerprint density at radius 3 is 3.00 bits per heavy atom. The van der Waals surface area contributed by atoms with E-state index in [9.17, 15) is 4.79 Å². The van der Waals surface area contributed by atoms with Crippen molar-refractivity contribution in [3.63, 3.8) is 0 Å². The summed E-state index contributed by atoms with van der Waals surface area (Å²) < 4.78 is 4.97. The van der Waals surface area contributed by atoms with E-state index in [1.165, 1.54) is 6.33 Å². The van der Waals surface area contributed by atoms with Crippen LogP contribution in [0.3, 0.4) is 0 Å². The van der Waals surface area contributed by atoms with Crippen LogP contribution in [0, 0.1) is 6.92 Å². The van der Waals surface area contributed by atoms with Crippen LogP contribution < -0.4 is 0 Å². The lowest BCUT2D eigenvalue weighted by Gasteiger charge is -2.04. The number of carbonyl (C=O) groups is 1. The van der Waals surface area contributed by atoms with Gasteiger partial charge >= 0.3 is 5.97 Å². The van der Waals surface area contributed by atoms with Crippen molar-refractivity contribution in [1.82, 2.24) is 15.1 Å². The SMILES string of the molecule is Cc1noc2ncnc(SC(C)C(=O)O)c12. The van der Waals surface area contributed by atoms with Crippen molar-refractivity contribution in [2.45, 2.75) is 24.1 Å². The molecule has 0 amide bonds. The Morgan fingerprint density at radius 1 is 1.56 bits per heavy atom. The van der Waals surface area contributed by atoms with Crippen LogP contribution in [0.25, 0.3) is 11.1 Å². The Bertz CT molecular complexity index is 540. The second-order valence-electron chi connectivity index (χ2n) is 3.23. The summed E-state index contributed by atoms with van der Waals surface area (Å²) in [4.78, 5) is 18.7. The van der Waals surface area contributed by atoms with Crippen molar-refractivity contribution >= 4 is 28.8 Å². The normalized spacial score (nSPS) is 12.9. The van der Waals surface area contributed by atoms with Gasteiger partial charge in [0.05, 0.1) is 11.1 Å². The number of fused-ring (bicyclic) bond motifs is 1. The fraction of sp³-hybridized carbons (Fsp3) is 0.333. The van der Waals surface area contributed by atoms with Gasteiger partial charge in [-0.2, -0.15) is 4.98 Å². The van der Waals surface area contributed by atoms with Crippen molar-refractivity contribution in [3.8, 4) is 0 Å². The summed E-state index contributed by atoms with van der Waals surface area (Å²) in [5.74, 6) is -0.883. The predicted octanol–water partition coefficient (Wildman–Crippen LogP) is 1.49. The number of aromatic nitrogens is 3. The van der Waals surface area contributed by atoms with E-state index in [1.807, 2.05) is 0 Å². The maximum Gasteiger partial charge on any atom is 0.316 e. The number of hydrogen-bond donors (Lipinski definition) is 1. The van der Waals surface area contributed by atoms with Crippen LogP contribution in [-0.2, 0) is 4.79 Å². The van der Waals surface area contributed by atoms with Gasteiger partial charge in [0.15, 0.2) is 0 Å². The van der Waals surface area contributed by atoms with Crippen LogP contribution in [0.15, 0.2) is 15.9 Å². The summed E-state index contributed by atoms with van der Waals surface area (Å²) in [6.07, 6.45) is 1.34. The highest BCUT2D eigenvalue weighted by Gasteiger charge is 2.18. The predicted molar refractivity (Wildman–Crippen MR) is 57.3 cm³/mol. The van der Waals surface area contributed by atoms with Crippen molar-refractivity contribution in [3.05, 3.63) is 12.0 Å². The largest absolute Gasteiger partial charge is 0.480 e. The molecule has 2 aromatic rings. The van der Waals surface area contributed by atoms with Gasteiger partial charge in [0.2, 0.25) is 0 Å². The van der Waals surface area contributed by atoms with Crippen LogP contribution in [0.5, 0.6) is 0 Å². The Hall–Kier alpha value is -1.63. The first-order chi connectivity index (χ1) is 7.59. The van der Waals surface area contributed by atoms with Crippen LogP contribution in [0.1, 0.15) is 12.6 Å². The molecule has 0 spiro atoms. The molecule has 1 unspecified atom stereocenters. The second-order valence-corrected chi connectivity index (χ2v) is 4.55. The number of thioether (sulfide) groups is 1. The summed E-state index contributed by atoms with van der Waals surface area (Å²) >= 11 is 1.15. The molecular weight excluding hydrogens is 230 g/mol. The number of aryl methyl sites for hydroxylation is 1. The smallest absolute Gasteiger partial charge is 0.316 e. The molecule has 0 saturated carbocycles. The number of nitrogens with zero attached hydrogens (tertiary/aromatic N) is 3. The first kappa shape index (κ1) is 10.9. The molecule has 2 heterocycles. The standard InChI is InChI=1S/C9H9N3O3S/c1-4-6-7(15-12-4)10-3-11-8(6)16-5(2)9(13)14/h3,5H,1-2H3,(H,13,14). The molecule has 16 heavy (non-hydrogen) atoms. The number of aliphatic carboxylic acids is 1. The van der Waals surface area contributed by atoms with E-state index in [4.69, 9.17) is 9.63 Å². The molecule has 2 aromatic heterocycles. The Morgan fingerprint density at radius 2 is 2.31 bits per heavy atom. The molecule has 0 fully saturated rings. The zero-order chi connectivity index (χ0) is 11.7. The highest BCUT2D eigenvalue weighted by Crippen LogP contribution is 2.29. The van der Waals surface area contributed by atoms with Gasteiger partial charge in [-0.15, -0.1) is 0 Å². The van der Waals surface area contributed by atoms with Crippen molar-refractivity contribution in [2.24, 2.45) is 0 Å². The maximum absolute atomic E-state index is 10.8. The number of hydrogen-bond acceptors (Lipinski definition) is 6. The first-order valence-corrected chi connectivity index (χ1v) is 5.44. The lowest BCUT2D eigenvalue weighted by molar-refractivity contribution is -0.136. The monoisotopic (exact) mass is 239 g/mol. The van der Waals surface area contributed by atoms with Gasteiger partial charge in [-0.05, 0) is 13.8 Å². The molecule has 0 aliphatic rings. The molecule has 0 aliphatic heterocycles. The van der Waals surface area contributed by atoms with Gasteiger partial charge in [-0.25, -0.2) is 4.98 Å². The number of carboxylic acids is 1. The Labute approximate surface area is 95.1 Å². The third-order valence-electron chi connectivity index (χ3n) is 2.04. The summed E-state index contributed by atoms with van der Waals surface area (Å²) in [5, 5.41) is 13.3. The molecule has 1 atom stereocenters.